The Balaban J connectivity index is 1.87. The second kappa shape index (κ2) is 6.82. The van der Waals surface area contributed by atoms with Gasteiger partial charge in [-0.2, -0.15) is 0 Å². The van der Waals surface area contributed by atoms with Gasteiger partial charge in [0.05, 0.1) is 0 Å². The van der Waals surface area contributed by atoms with Crippen LogP contribution in [-0.2, 0) is 22.6 Å². The normalized spacial score (nSPS) is 11.9. The fraction of sp³-hybridized carbons (Fsp3) is 0.188. The summed E-state index contributed by atoms with van der Waals surface area (Å²) < 4.78 is 18.4. The predicted molar refractivity (Wildman–Crippen MR) is 74.3 cm³/mol. The summed E-state index contributed by atoms with van der Waals surface area (Å²) in [4.78, 5) is 11.8. The van der Waals surface area contributed by atoms with Gasteiger partial charge in [-0.1, -0.05) is 48.5 Å². The summed E-state index contributed by atoms with van der Waals surface area (Å²) in [5.74, 6) is -0.922. The van der Waals surface area contributed by atoms with Crippen molar-refractivity contribution in [2.75, 3.05) is 0 Å². The lowest BCUT2D eigenvalue weighted by molar-refractivity contribution is -0.146. The van der Waals surface area contributed by atoms with Crippen molar-refractivity contribution in [2.24, 2.45) is 5.73 Å². The third-order valence-corrected chi connectivity index (χ3v) is 2.93. The van der Waals surface area contributed by atoms with Crippen molar-refractivity contribution in [1.29, 1.82) is 0 Å². The number of nitrogens with two attached hydrogens (primary N) is 1. The second-order valence-corrected chi connectivity index (χ2v) is 4.50. The number of ether oxygens (including phenoxy) is 1. The molecule has 20 heavy (non-hydrogen) atoms. The van der Waals surface area contributed by atoms with Gasteiger partial charge in [0.1, 0.15) is 18.5 Å². The van der Waals surface area contributed by atoms with E-state index in [2.05, 4.69) is 0 Å². The summed E-state index contributed by atoms with van der Waals surface area (Å²) in [7, 11) is 0. The number of hydrogen-bond donors (Lipinski definition) is 1. The topological polar surface area (TPSA) is 52.3 Å². The minimum atomic E-state index is -0.746. The maximum Gasteiger partial charge on any atom is 0.323 e. The molecule has 1 atom stereocenters. The molecule has 0 aromatic heterocycles. The number of benzene rings is 2. The lowest BCUT2D eigenvalue weighted by Gasteiger charge is -2.12. The van der Waals surface area contributed by atoms with Crippen LogP contribution in [0.2, 0.25) is 0 Å². The fourth-order valence-electron chi connectivity index (χ4n) is 1.82. The van der Waals surface area contributed by atoms with Gasteiger partial charge < -0.3 is 10.5 Å². The van der Waals surface area contributed by atoms with Gasteiger partial charge >= 0.3 is 5.97 Å². The highest BCUT2D eigenvalue weighted by atomic mass is 19.1. The monoisotopic (exact) mass is 273 g/mol. The van der Waals surface area contributed by atoms with Crippen molar-refractivity contribution in [3.63, 3.8) is 0 Å². The molecule has 0 bridgehead atoms. The third kappa shape index (κ3) is 3.90. The van der Waals surface area contributed by atoms with Crippen LogP contribution in [0.5, 0.6) is 0 Å². The molecule has 0 heterocycles. The van der Waals surface area contributed by atoms with Crippen molar-refractivity contribution >= 4 is 5.97 Å². The molecule has 0 radical (unpaired) electrons. The predicted octanol–water partition coefficient (Wildman–Crippen LogP) is 2.44. The molecule has 2 aromatic rings. The molecule has 1 unspecified atom stereocenters. The maximum atomic E-state index is 13.4. The quantitative estimate of drug-likeness (QED) is 0.851. The molecule has 2 aromatic carbocycles. The van der Waals surface area contributed by atoms with Gasteiger partial charge in [-0.15, -0.1) is 0 Å². The molecule has 3 nitrogen and oxygen atoms in total. The Hall–Kier alpha value is -2.20. The molecule has 0 amide bonds. The van der Waals surface area contributed by atoms with Crippen molar-refractivity contribution < 1.29 is 13.9 Å². The molecule has 2 N–H and O–H groups in total. The van der Waals surface area contributed by atoms with E-state index in [1.807, 2.05) is 30.3 Å². The Kier molecular flexibility index (Phi) is 4.85. The van der Waals surface area contributed by atoms with Crippen LogP contribution in [0.15, 0.2) is 54.6 Å². The van der Waals surface area contributed by atoms with Crippen LogP contribution in [0.25, 0.3) is 0 Å². The largest absolute Gasteiger partial charge is 0.460 e. The van der Waals surface area contributed by atoms with Crippen molar-refractivity contribution in [3.05, 3.63) is 71.5 Å². The van der Waals surface area contributed by atoms with Crippen LogP contribution in [0.3, 0.4) is 0 Å². The molecule has 4 heteroatoms. The minimum absolute atomic E-state index is 0.103. The summed E-state index contributed by atoms with van der Waals surface area (Å²) in [5, 5.41) is 0. The van der Waals surface area contributed by atoms with Gasteiger partial charge in [0.25, 0.3) is 0 Å². The first-order chi connectivity index (χ1) is 9.66. The Bertz CT molecular complexity index is 572. The molecular weight excluding hydrogens is 257 g/mol. The molecular formula is C16H16FNO2. The molecule has 0 aliphatic carbocycles. The van der Waals surface area contributed by atoms with E-state index in [1.165, 1.54) is 6.07 Å². The number of rotatable bonds is 5. The van der Waals surface area contributed by atoms with E-state index in [0.29, 0.717) is 12.0 Å². The zero-order chi connectivity index (χ0) is 14.4. The zero-order valence-corrected chi connectivity index (χ0v) is 11.0. The standard InChI is InChI=1S/C16H16FNO2/c17-14-9-5-4-8-13(14)11-20-16(19)15(18)10-12-6-2-1-3-7-12/h1-9,15H,10-11,18H2. The van der Waals surface area contributed by atoms with Crippen LogP contribution in [0, 0.1) is 5.82 Å². The molecule has 0 aliphatic heterocycles. The van der Waals surface area contributed by atoms with E-state index in [0.717, 1.165) is 5.56 Å². The Morgan fingerprint density at radius 3 is 2.45 bits per heavy atom. The first kappa shape index (κ1) is 14.2. The highest BCUT2D eigenvalue weighted by molar-refractivity contribution is 5.75. The lowest BCUT2D eigenvalue weighted by atomic mass is 10.1. The number of halogens is 1. The van der Waals surface area contributed by atoms with Crippen molar-refractivity contribution in [3.8, 4) is 0 Å². The third-order valence-electron chi connectivity index (χ3n) is 2.93. The van der Waals surface area contributed by atoms with Gasteiger partial charge in [0.15, 0.2) is 0 Å². The lowest BCUT2D eigenvalue weighted by Crippen LogP contribution is -2.34. The zero-order valence-electron chi connectivity index (χ0n) is 11.0. The highest BCUT2D eigenvalue weighted by Gasteiger charge is 2.16. The number of carbonyl (C=O) groups is 1. The summed E-state index contributed by atoms with van der Waals surface area (Å²) in [6, 6.07) is 14.9. The maximum absolute atomic E-state index is 13.4. The molecule has 0 spiro atoms. The minimum Gasteiger partial charge on any atom is -0.460 e. The highest BCUT2D eigenvalue weighted by Crippen LogP contribution is 2.09. The average molecular weight is 273 g/mol. The van der Waals surface area contributed by atoms with Gasteiger partial charge in [-0.25, -0.2) is 4.39 Å². The summed E-state index contributed by atoms with van der Waals surface area (Å²) in [5.41, 5.74) is 7.08. The van der Waals surface area contributed by atoms with E-state index in [9.17, 15) is 9.18 Å². The van der Waals surface area contributed by atoms with Crippen LogP contribution in [-0.4, -0.2) is 12.0 Å². The molecule has 0 aliphatic rings. The molecule has 104 valence electrons. The number of esters is 1. The number of hydrogen-bond acceptors (Lipinski definition) is 3. The smallest absolute Gasteiger partial charge is 0.323 e. The molecule has 0 saturated carbocycles. The van der Waals surface area contributed by atoms with Gasteiger partial charge in [0, 0.05) is 5.56 Å². The molecule has 0 saturated heterocycles. The molecule has 2 rings (SSSR count). The Morgan fingerprint density at radius 1 is 1.10 bits per heavy atom. The van der Waals surface area contributed by atoms with E-state index in [4.69, 9.17) is 10.5 Å². The SMILES string of the molecule is NC(Cc1ccccc1)C(=O)OCc1ccccc1F. The fourth-order valence-corrected chi connectivity index (χ4v) is 1.82. The van der Waals surface area contributed by atoms with Gasteiger partial charge in [0.2, 0.25) is 0 Å². The Labute approximate surface area is 117 Å². The first-order valence-corrected chi connectivity index (χ1v) is 6.36. The van der Waals surface area contributed by atoms with Crippen molar-refractivity contribution in [2.45, 2.75) is 19.1 Å². The summed E-state index contributed by atoms with van der Waals surface area (Å²) in [6.45, 7) is -0.103. The van der Waals surface area contributed by atoms with Gasteiger partial charge in [-0.3, -0.25) is 4.79 Å². The first-order valence-electron chi connectivity index (χ1n) is 6.36. The Morgan fingerprint density at radius 2 is 1.75 bits per heavy atom. The van der Waals surface area contributed by atoms with E-state index in [1.54, 1.807) is 18.2 Å². The van der Waals surface area contributed by atoms with Gasteiger partial charge in [-0.05, 0) is 18.1 Å². The average Bonchev–Trinajstić information content (AvgIpc) is 2.47. The van der Waals surface area contributed by atoms with E-state index < -0.39 is 17.8 Å². The van der Waals surface area contributed by atoms with Crippen LogP contribution >= 0.6 is 0 Å². The van der Waals surface area contributed by atoms with E-state index >= 15 is 0 Å². The van der Waals surface area contributed by atoms with Crippen LogP contribution in [0.1, 0.15) is 11.1 Å². The van der Waals surface area contributed by atoms with Crippen LogP contribution < -0.4 is 5.73 Å². The summed E-state index contributed by atoms with van der Waals surface area (Å²) in [6.07, 6.45) is 0.400. The van der Waals surface area contributed by atoms with Crippen LogP contribution in [0.4, 0.5) is 4.39 Å². The summed E-state index contributed by atoms with van der Waals surface area (Å²) >= 11 is 0. The van der Waals surface area contributed by atoms with E-state index in [-0.39, 0.29) is 6.61 Å². The molecule has 0 fully saturated rings. The second-order valence-electron chi connectivity index (χ2n) is 4.50. The number of carbonyl (C=O) groups excluding carboxylic acids is 1. The van der Waals surface area contributed by atoms with Crippen molar-refractivity contribution in [1.82, 2.24) is 0 Å².